The summed E-state index contributed by atoms with van der Waals surface area (Å²) < 4.78 is 6.15. The Morgan fingerprint density at radius 1 is 0.972 bits per heavy atom. The summed E-state index contributed by atoms with van der Waals surface area (Å²) in [4.78, 5) is 38.4. The van der Waals surface area contributed by atoms with Crippen molar-refractivity contribution in [1.82, 2.24) is 14.8 Å². The van der Waals surface area contributed by atoms with E-state index in [1.54, 1.807) is 19.2 Å². The molecule has 0 bridgehead atoms. The molecule has 0 unspecified atom stereocenters. The number of hydrogen-bond donors (Lipinski definition) is 1. The van der Waals surface area contributed by atoms with Gasteiger partial charge in [0, 0.05) is 11.8 Å². The van der Waals surface area contributed by atoms with Crippen LogP contribution in [0.15, 0.2) is 88.8 Å². The Labute approximate surface area is 205 Å². The van der Waals surface area contributed by atoms with E-state index in [1.165, 1.54) is 17.1 Å². The van der Waals surface area contributed by atoms with Gasteiger partial charge < -0.3 is 9.84 Å². The van der Waals surface area contributed by atoms with Gasteiger partial charge in [-0.2, -0.15) is 10.2 Å². The molecular weight excluding hydrogens is 460 g/mol. The molecule has 1 N–H and O–H groups in total. The molecule has 36 heavy (non-hydrogen) atoms. The van der Waals surface area contributed by atoms with Gasteiger partial charge >= 0.3 is 5.97 Å². The summed E-state index contributed by atoms with van der Waals surface area (Å²) in [6.07, 6.45) is 0.475. The van der Waals surface area contributed by atoms with E-state index in [0.717, 1.165) is 21.5 Å². The van der Waals surface area contributed by atoms with E-state index in [0.29, 0.717) is 12.2 Å². The minimum Gasteiger partial charge on any atom is -0.497 e. The number of benzene rings is 3. The Bertz CT molecular complexity index is 1540. The Balaban J connectivity index is 1.53. The van der Waals surface area contributed by atoms with Crippen molar-refractivity contribution in [2.45, 2.75) is 19.0 Å². The van der Waals surface area contributed by atoms with Crippen molar-refractivity contribution in [1.29, 1.82) is 0 Å². The minimum absolute atomic E-state index is 0.180. The van der Waals surface area contributed by atoms with Crippen LogP contribution in [-0.4, -0.2) is 44.6 Å². The fourth-order valence-corrected chi connectivity index (χ4v) is 4.33. The molecule has 5 rings (SSSR count). The lowest BCUT2D eigenvalue weighted by Gasteiger charge is -2.22. The van der Waals surface area contributed by atoms with Crippen molar-refractivity contribution in [3.05, 3.63) is 106 Å². The highest BCUT2D eigenvalue weighted by atomic mass is 16.5. The molecule has 1 atom stereocenters. The number of carbonyl (C=O) groups excluding carboxylic acids is 1. The molecule has 0 saturated heterocycles. The van der Waals surface area contributed by atoms with Crippen LogP contribution in [0.4, 0.5) is 0 Å². The second kappa shape index (κ2) is 9.46. The zero-order chi connectivity index (χ0) is 25.2. The average Bonchev–Trinajstić information content (AvgIpc) is 3.36. The minimum atomic E-state index is -1.28. The molecule has 0 radical (unpaired) electrons. The normalized spacial score (nSPS) is 15.1. The predicted molar refractivity (Wildman–Crippen MR) is 133 cm³/mol. The smallest absolute Gasteiger partial charge is 0.357 e. The topological polar surface area (TPSA) is 114 Å². The van der Waals surface area contributed by atoms with Gasteiger partial charge in [-0.3, -0.25) is 9.59 Å². The van der Waals surface area contributed by atoms with Crippen LogP contribution in [-0.2, 0) is 11.3 Å². The van der Waals surface area contributed by atoms with E-state index in [-0.39, 0.29) is 16.5 Å². The highest BCUT2D eigenvalue weighted by Crippen LogP contribution is 2.33. The summed E-state index contributed by atoms with van der Waals surface area (Å²) in [5, 5.41) is 20.0. The molecule has 9 nitrogen and oxygen atoms in total. The van der Waals surface area contributed by atoms with Crippen molar-refractivity contribution in [3.63, 3.8) is 0 Å². The lowest BCUT2D eigenvalue weighted by atomic mass is 9.98. The second-order valence-electron chi connectivity index (χ2n) is 8.31. The molecule has 9 heteroatoms. The highest BCUT2D eigenvalue weighted by Gasteiger charge is 2.33. The molecule has 180 valence electrons. The number of carbonyl (C=O) groups is 2. The molecular formula is C27H22N4O5. The summed E-state index contributed by atoms with van der Waals surface area (Å²) in [6, 6.07) is 22.8. The Kier molecular flexibility index (Phi) is 6.03. The summed E-state index contributed by atoms with van der Waals surface area (Å²) in [6.45, 7) is -0.456. The number of nitrogens with zero attached hydrogens (tertiary/aromatic N) is 4. The molecule has 0 fully saturated rings. The van der Waals surface area contributed by atoms with E-state index in [9.17, 15) is 19.5 Å². The predicted octanol–water partition coefficient (Wildman–Crippen LogP) is 3.48. The third-order valence-electron chi connectivity index (χ3n) is 6.13. The van der Waals surface area contributed by atoms with Crippen molar-refractivity contribution >= 4 is 28.4 Å². The quantitative estimate of drug-likeness (QED) is 0.450. The van der Waals surface area contributed by atoms with E-state index in [4.69, 9.17) is 4.74 Å². The number of hydrazone groups is 1. The lowest BCUT2D eigenvalue weighted by Crippen LogP contribution is -2.36. The molecule has 1 aromatic heterocycles. The van der Waals surface area contributed by atoms with Crippen LogP contribution in [0.3, 0.4) is 0 Å². The number of aromatic nitrogens is 2. The fourth-order valence-electron chi connectivity index (χ4n) is 4.33. The zero-order valence-corrected chi connectivity index (χ0v) is 19.4. The maximum absolute atomic E-state index is 13.5. The summed E-state index contributed by atoms with van der Waals surface area (Å²) in [7, 11) is 1.58. The van der Waals surface area contributed by atoms with E-state index < -0.39 is 30.0 Å². The van der Waals surface area contributed by atoms with E-state index in [2.05, 4.69) is 10.2 Å². The first-order valence-corrected chi connectivity index (χ1v) is 11.3. The molecule has 2 heterocycles. The summed E-state index contributed by atoms with van der Waals surface area (Å²) in [5.74, 6) is -1.08. The largest absolute Gasteiger partial charge is 0.497 e. The maximum Gasteiger partial charge on any atom is 0.357 e. The standard InChI is InChI=1S/C27H22N4O5/c1-36-19-13-11-18(12-14-19)23-15-22(17-7-3-2-4-8-17)28-31(23)24(32)16-30-26(33)21-10-6-5-9-20(21)25(29-30)27(34)35/h2-14,23H,15-16H2,1H3,(H,34,35)/t23-/m1/s1. The van der Waals surface area contributed by atoms with E-state index >= 15 is 0 Å². The van der Waals surface area contributed by atoms with Crippen molar-refractivity contribution in [3.8, 4) is 5.75 Å². The first kappa shape index (κ1) is 23.0. The molecule has 1 amide bonds. The van der Waals surface area contributed by atoms with Crippen LogP contribution >= 0.6 is 0 Å². The highest BCUT2D eigenvalue weighted by molar-refractivity contribution is 6.03. The van der Waals surface area contributed by atoms with Gasteiger partial charge in [-0.1, -0.05) is 60.7 Å². The third kappa shape index (κ3) is 4.22. The van der Waals surface area contributed by atoms with Gasteiger partial charge in [-0.25, -0.2) is 14.5 Å². The average molecular weight is 482 g/mol. The number of rotatable bonds is 6. The number of amides is 1. The van der Waals surface area contributed by atoms with Crippen LogP contribution in [0, 0.1) is 0 Å². The maximum atomic E-state index is 13.5. The molecule has 0 aliphatic carbocycles. The molecule has 1 aliphatic heterocycles. The van der Waals surface area contributed by atoms with Crippen LogP contribution in [0.2, 0.25) is 0 Å². The molecule has 3 aromatic carbocycles. The third-order valence-corrected chi connectivity index (χ3v) is 6.13. The van der Waals surface area contributed by atoms with Crippen molar-refractivity contribution < 1.29 is 19.4 Å². The monoisotopic (exact) mass is 482 g/mol. The number of carboxylic acid groups (broad SMARTS) is 1. The summed E-state index contributed by atoms with van der Waals surface area (Å²) >= 11 is 0. The van der Waals surface area contributed by atoms with Gasteiger partial charge in [0.05, 0.1) is 24.2 Å². The Morgan fingerprint density at radius 3 is 2.31 bits per heavy atom. The number of aromatic carboxylic acids is 1. The number of carboxylic acids is 1. The molecule has 0 spiro atoms. The number of fused-ring (bicyclic) bond motifs is 1. The van der Waals surface area contributed by atoms with Crippen LogP contribution in [0.5, 0.6) is 5.75 Å². The number of ether oxygens (including phenoxy) is 1. The van der Waals surface area contributed by atoms with Gasteiger partial charge in [0.25, 0.3) is 11.5 Å². The van der Waals surface area contributed by atoms with Crippen molar-refractivity contribution in [2.75, 3.05) is 7.11 Å². The van der Waals surface area contributed by atoms with Gasteiger partial charge in [0.1, 0.15) is 12.3 Å². The zero-order valence-electron chi connectivity index (χ0n) is 19.4. The number of hydrogen-bond acceptors (Lipinski definition) is 6. The molecule has 4 aromatic rings. The Morgan fingerprint density at radius 2 is 1.64 bits per heavy atom. The van der Waals surface area contributed by atoms with Gasteiger partial charge in [-0.15, -0.1) is 0 Å². The van der Waals surface area contributed by atoms with Crippen LogP contribution in [0.1, 0.15) is 34.1 Å². The van der Waals surface area contributed by atoms with Gasteiger partial charge in [-0.05, 0) is 29.3 Å². The Hall–Kier alpha value is -4.79. The summed E-state index contributed by atoms with van der Waals surface area (Å²) in [5.41, 5.74) is 1.63. The van der Waals surface area contributed by atoms with Gasteiger partial charge in [0.2, 0.25) is 0 Å². The van der Waals surface area contributed by atoms with Crippen molar-refractivity contribution in [2.24, 2.45) is 5.10 Å². The van der Waals surface area contributed by atoms with Gasteiger partial charge in [0.15, 0.2) is 5.69 Å². The lowest BCUT2D eigenvalue weighted by molar-refractivity contribution is -0.133. The van der Waals surface area contributed by atoms with Crippen LogP contribution < -0.4 is 10.3 Å². The number of methoxy groups -OCH3 is 1. The van der Waals surface area contributed by atoms with E-state index in [1.807, 2.05) is 54.6 Å². The molecule has 0 saturated carbocycles. The second-order valence-corrected chi connectivity index (χ2v) is 8.31. The molecule has 1 aliphatic rings. The SMILES string of the molecule is COc1ccc([C@H]2CC(c3ccccc3)=NN2C(=O)Cn2nc(C(=O)O)c3ccccc3c2=O)cc1. The first-order valence-electron chi connectivity index (χ1n) is 11.3. The van der Waals surface area contributed by atoms with Crippen LogP contribution in [0.25, 0.3) is 10.8 Å². The fraction of sp³-hybridized carbons (Fsp3) is 0.148. The first-order chi connectivity index (χ1) is 17.5.